The Hall–Kier alpha value is -1.39. The molecule has 0 aromatic carbocycles. The Labute approximate surface area is 106 Å². The standard InChI is InChI=1S/C13H19F2N3/c1-8-5-3-2-4-6-11(8)17-13-10(15)7-9(14)12(16)18-13/h7-8,11H,2-6H2,1H3,(H3,16,17,18). The molecule has 1 aromatic heterocycles. The van der Waals surface area contributed by atoms with Crippen LogP contribution in [0.3, 0.4) is 0 Å². The SMILES string of the molecule is CC1CCCCCC1Nc1nc(N)c(F)cc1F. The second-order valence-electron chi connectivity index (χ2n) is 5.05. The number of pyridine rings is 1. The lowest BCUT2D eigenvalue weighted by atomic mass is 9.97. The molecular weight excluding hydrogens is 236 g/mol. The summed E-state index contributed by atoms with van der Waals surface area (Å²) in [6, 6.07) is 0.964. The molecular formula is C13H19F2N3. The lowest BCUT2D eigenvalue weighted by molar-refractivity contribution is 0.452. The maximum absolute atomic E-state index is 13.6. The average Bonchev–Trinajstić information content (AvgIpc) is 2.52. The van der Waals surface area contributed by atoms with E-state index in [0.29, 0.717) is 5.92 Å². The number of nitrogens with two attached hydrogens (primary N) is 1. The molecule has 3 N–H and O–H groups in total. The normalized spacial score (nSPS) is 24.6. The van der Waals surface area contributed by atoms with E-state index < -0.39 is 11.6 Å². The fourth-order valence-corrected chi connectivity index (χ4v) is 2.47. The van der Waals surface area contributed by atoms with Gasteiger partial charge in [-0.3, -0.25) is 0 Å². The van der Waals surface area contributed by atoms with Gasteiger partial charge in [-0.25, -0.2) is 13.8 Å². The van der Waals surface area contributed by atoms with Gasteiger partial charge in [-0.05, 0) is 18.8 Å². The summed E-state index contributed by atoms with van der Waals surface area (Å²) in [7, 11) is 0. The van der Waals surface area contributed by atoms with Gasteiger partial charge in [0.1, 0.15) is 0 Å². The van der Waals surface area contributed by atoms with Crippen LogP contribution in [0.1, 0.15) is 39.0 Å². The van der Waals surface area contributed by atoms with Gasteiger partial charge in [0.05, 0.1) is 0 Å². The Bertz CT molecular complexity index is 423. The van der Waals surface area contributed by atoms with Gasteiger partial charge in [0.15, 0.2) is 23.3 Å². The van der Waals surface area contributed by atoms with Crippen LogP contribution in [0.4, 0.5) is 20.4 Å². The van der Waals surface area contributed by atoms with Crippen molar-refractivity contribution in [3.05, 3.63) is 17.7 Å². The number of halogens is 2. The zero-order valence-corrected chi connectivity index (χ0v) is 10.5. The van der Waals surface area contributed by atoms with Crippen LogP contribution < -0.4 is 11.1 Å². The topological polar surface area (TPSA) is 50.9 Å². The Morgan fingerprint density at radius 3 is 2.72 bits per heavy atom. The fraction of sp³-hybridized carbons (Fsp3) is 0.615. The minimum Gasteiger partial charge on any atom is -0.381 e. The molecule has 0 amide bonds. The maximum Gasteiger partial charge on any atom is 0.168 e. The molecule has 1 saturated carbocycles. The molecule has 0 saturated heterocycles. The lowest BCUT2D eigenvalue weighted by Gasteiger charge is -2.23. The first kappa shape index (κ1) is 13.1. The number of nitrogens with one attached hydrogen (secondary N) is 1. The van der Waals surface area contributed by atoms with E-state index >= 15 is 0 Å². The smallest absolute Gasteiger partial charge is 0.168 e. The van der Waals surface area contributed by atoms with Crippen molar-refractivity contribution in [1.29, 1.82) is 0 Å². The summed E-state index contributed by atoms with van der Waals surface area (Å²) < 4.78 is 26.6. The Morgan fingerprint density at radius 2 is 1.94 bits per heavy atom. The summed E-state index contributed by atoms with van der Waals surface area (Å²) in [6.07, 6.45) is 5.65. The summed E-state index contributed by atoms with van der Waals surface area (Å²) in [5.41, 5.74) is 5.37. The highest BCUT2D eigenvalue weighted by Crippen LogP contribution is 2.27. The molecule has 2 rings (SSSR count). The zero-order chi connectivity index (χ0) is 13.1. The van der Waals surface area contributed by atoms with Gasteiger partial charge in [0, 0.05) is 12.1 Å². The van der Waals surface area contributed by atoms with Gasteiger partial charge in [0.25, 0.3) is 0 Å². The molecule has 1 aromatic rings. The third-order valence-electron chi connectivity index (χ3n) is 3.64. The highest BCUT2D eigenvalue weighted by Gasteiger charge is 2.21. The molecule has 0 radical (unpaired) electrons. The van der Waals surface area contributed by atoms with Crippen LogP contribution in [0, 0.1) is 17.6 Å². The minimum absolute atomic E-state index is 0.0626. The van der Waals surface area contributed by atoms with Crippen LogP contribution in [0.5, 0.6) is 0 Å². The van der Waals surface area contributed by atoms with Crippen LogP contribution in [0.25, 0.3) is 0 Å². The van der Waals surface area contributed by atoms with Gasteiger partial charge < -0.3 is 11.1 Å². The van der Waals surface area contributed by atoms with E-state index in [1.807, 2.05) is 0 Å². The van der Waals surface area contributed by atoms with Gasteiger partial charge in [-0.15, -0.1) is 0 Å². The summed E-state index contributed by atoms with van der Waals surface area (Å²) in [5, 5.41) is 3.07. The quantitative estimate of drug-likeness (QED) is 0.797. The predicted octanol–water partition coefficient (Wildman–Crippen LogP) is 3.32. The number of hydrogen-bond acceptors (Lipinski definition) is 3. The van der Waals surface area contributed by atoms with Crippen molar-refractivity contribution in [2.45, 2.75) is 45.1 Å². The van der Waals surface area contributed by atoms with Crippen LogP contribution in [-0.4, -0.2) is 11.0 Å². The molecule has 0 aliphatic heterocycles. The van der Waals surface area contributed by atoms with Gasteiger partial charge >= 0.3 is 0 Å². The largest absolute Gasteiger partial charge is 0.381 e. The molecule has 3 nitrogen and oxygen atoms in total. The highest BCUT2D eigenvalue weighted by atomic mass is 19.1. The van der Waals surface area contributed by atoms with Crippen molar-refractivity contribution in [2.75, 3.05) is 11.1 Å². The Balaban J connectivity index is 2.14. The molecule has 1 aliphatic carbocycles. The summed E-state index contributed by atoms with van der Waals surface area (Å²) in [4.78, 5) is 3.75. The van der Waals surface area contributed by atoms with Crippen molar-refractivity contribution in [3.8, 4) is 0 Å². The van der Waals surface area contributed by atoms with Crippen molar-refractivity contribution in [2.24, 2.45) is 5.92 Å². The van der Waals surface area contributed by atoms with E-state index in [4.69, 9.17) is 5.73 Å². The second-order valence-corrected chi connectivity index (χ2v) is 5.05. The summed E-state index contributed by atoms with van der Waals surface area (Å²) >= 11 is 0. The van der Waals surface area contributed by atoms with Crippen LogP contribution >= 0.6 is 0 Å². The first-order valence-electron chi connectivity index (χ1n) is 6.46. The molecule has 2 unspecified atom stereocenters. The molecule has 0 spiro atoms. The van der Waals surface area contributed by atoms with Crippen LogP contribution in [0.2, 0.25) is 0 Å². The number of nitrogen functional groups attached to an aromatic ring is 1. The van der Waals surface area contributed by atoms with Crippen molar-refractivity contribution in [1.82, 2.24) is 4.98 Å². The van der Waals surface area contributed by atoms with E-state index in [0.717, 1.165) is 25.3 Å². The zero-order valence-electron chi connectivity index (χ0n) is 10.5. The van der Waals surface area contributed by atoms with Crippen molar-refractivity contribution < 1.29 is 8.78 Å². The number of hydrogen-bond donors (Lipinski definition) is 2. The molecule has 2 atom stereocenters. The Morgan fingerprint density at radius 1 is 1.22 bits per heavy atom. The third-order valence-corrected chi connectivity index (χ3v) is 3.64. The molecule has 5 heteroatoms. The summed E-state index contributed by atoms with van der Waals surface area (Å²) in [5.74, 6) is -1.24. The number of rotatable bonds is 2. The van der Waals surface area contributed by atoms with Crippen molar-refractivity contribution >= 4 is 11.6 Å². The Kier molecular flexibility index (Phi) is 3.99. The molecule has 1 fully saturated rings. The summed E-state index contributed by atoms with van der Waals surface area (Å²) in [6.45, 7) is 2.15. The number of anilines is 2. The van der Waals surface area contributed by atoms with E-state index in [-0.39, 0.29) is 17.7 Å². The van der Waals surface area contributed by atoms with Crippen LogP contribution in [0.15, 0.2) is 6.07 Å². The van der Waals surface area contributed by atoms with E-state index in [2.05, 4.69) is 17.2 Å². The number of nitrogens with zero attached hydrogens (tertiary/aromatic N) is 1. The third kappa shape index (κ3) is 2.89. The maximum atomic E-state index is 13.6. The lowest BCUT2D eigenvalue weighted by Crippen LogP contribution is -2.27. The van der Waals surface area contributed by atoms with E-state index in [1.54, 1.807) is 0 Å². The first-order chi connectivity index (χ1) is 8.58. The molecule has 0 bridgehead atoms. The predicted molar refractivity (Wildman–Crippen MR) is 68.2 cm³/mol. The first-order valence-corrected chi connectivity index (χ1v) is 6.46. The molecule has 100 valence electrons. The monoisotopic (exact) mass is 255 g/mol. The average molecular weight is 255 g/mol. The van der Waals surface area contributed by atoms with Gasteiger partial charge in [-0.1, -0.05) is 26.2 Å². The molecule has 1 heterocycles. The second kappa shape index (κ2) is 5.50. The highest BCUT2D eigenvalue weighted by molar-refractivity contribution is 5.45. The molecule has 1 aliphatic rings. The van der Waals surface area contributed by atoms with Gasteiger partial charge in [-0.2, -0.15) is 0 Å². The van der Waals surface area contributed by atoms with Gasteiger partial charge in [0.2, 0.25) is 0 Å². The van der Waals surface area contributed by atoms with E-state index in [9.17, 15) is 8.78 Å². The fourth-order valence-electron chi connectivity index (χ4n) is 2.47. The number of aromatic nitrogens is 1. The minimum atomic E-state index is -0.813. The van der Waals surface area contributed by atoms with E-state index in [1.165, 1.54) is 12.8 Å². The van der Waals surface area contributed by atoms with Crippen molar-refractivity contribution in [3.63, 3.8) is 0 Å². The van der Waals surface area contributed by atoms with Crippen LogP contribution in [-0.2, 0) is 0 Å². The molecule has 18 heavy (non-hydrogen) atoms.